The molecule has 39 heavy (non-hydrogen) atoms. The van der Waals surface area contributed by atoms with Gasteiger partial charge >= 0.3 is 5.97 Å². The topological polar surface area (TPSA) is 92.1 Å². The third-order valence-electron chi connectivity index (χ3n) is 6.31. The normalized spacial score (nSPS) is 12.3. The van der Waals surface area contributed by atoms with Gasteiger partial charge in [0, 0.05) is 36.0 Å². The molecule has 212 valence electrons. The lowest BCUT2D eigenvalue weighted by Crippen LogP contribution is -2.46. The summed E-state index contributed by atoms with van der Waals surface area (Å²) in [6.45, 7) is 11.8. The van der Waals surface area contributed by atoms with E-state index in [1.807, 2.05) is 23.8 Å². The first-order chi connectivity index (χ1) is 18.6. The zero-order chi connectivity index (χ0) is 28.7. The standard InChI is InChI=1S/C28H38IN3O6Si/c1-8-22(28(34)38-9-2)32(27(33)20-16-24(35-3)25(36-4)17-21(20)29)23-10-12-30-26-19(23)11-13-31(26)18-37-14-15-39(5,6)7/h10-13,16-17,22H,8-9,14-15,18H2,1-7H3. The maximum Gasteiger partial charge on any atom is 0.329 e. The highest BCUT2D eigenvalue weighted by atomic mass is 127. The summed E-state index contributed by atoms with van der Waals surface area (Å²) in [5.41, 5.74) is 1.62. The van der Waals surface area contributed by atoms with Crippen molar-refractivity contribution in [1.29, 1.82) is 0 Å². The second-order valence-electron chi connectivity index (χ2n) is 10.2. The largest absolute Gasteiger partial charge is 0.493 e. The number of methoxy groups -OCH3 is 2. The third kappa shape index (κ3) is 7.31. The molecule has 0 saturated heterocycles. The number of pyridine rings is 1. The van der Waals surface area contributed by atoms with E-state index < -0.39 is 20.1 Å². The fourth-order valence-electron chi connectivity index (χ4n) is 4.19. The molecule has 0 radical (unpaired) electrons. The number of fused-ring (bicyclic) bond motifs is 1. The lowest BCUT2D eigenvalue weighted by atomic mass is 10.1. The number of aromatic nitrogens is 2. The van der Waals surface area contributed by atoms with Gasteiger partial charge in [0.05, 0.1) is 32.1 Å². The fraction of sp³-hybridized carbons (Fsp3) is 0.464. The monoisotopic (exact) mass is 667 g/mol. The van der Waals surface area contributed by atoms with Crippen LogP contribution in [0.25, 0.3) is 11.0 Å². The first-order valence-electron chi connectivity index (χ1n) is 13.0. The minimum atomic E-state index is -1.21. The van der Waals surface area contributed by atoms with E-state index in [4.69, 9.17) is 18.9 Å². The molecule has 0 saturated carbocycles. The van der Waals surface area contributed by atoms with E-state index >= 15 is 0 Å². The van der Waals surface area contributed by atoms with Gasteiger partial charge in [-0.3, -0.25) is 9.69 Å². The predicted molar refractivity (Wildman–Crippen MR) is 164 cm³/mol. The molecule has 9 nitrogen and oxygen atoms in total. The first-order valence-corrected chi connectivity index (χ1v) is 17.8. The Hall–Kier alpha value is -2.64. The zero-order valence-electron chi connectivity index (χ0n) is 23.7. The van der Waals surface area contributed by atoms with E-state index in [0.717, 1.165) is 11.4 Å². The summed E-state index contributed by atoms with van der Waals surface area (Å²) in [5.74, 6) is 0.113. The van der Waals surface area contributed by atoms with Crippen LogP contribution in [0.1, 0.15) is 30.6 Å². The molecule has 0 aliphatic heterocycles. The summed E-state index contributed by atoms with van der Waals surface area (Å²) >= 11 is 2.10. The number of esters is 1. The Balaban J connectivity index is 2.09. The van der Waals surface area contributed by atoms with Crippen LogP contribution < -0.4 is 14.4 Å². The van der Waals surface area contributed by atoms with Gasteiger partial charge in [0.1, 0.15) is 18.4 Å². The Kier molecular flexibility index (Phi) is 10.8. The van der Waals surface area contributed by atoms with E-state index in [9.17, 15) is 9.59 Å². The number of carbonyl (C=O) groups excluding carboxylic acids is 2. The van der Waals surface area contributed by atoms with Crippen LogP contribution in [0.3, 0.4) is 0 Å². The van der Waals surface area contributed by atoms with Gasteiger partial charge in [-0.25, -0.2) is 9.78 Å². The summed E-state index contributed by atoms with van der Waals surface area (Å²) < 4.78 is 24.8. The van der Waals surface area contributed by atoms with Crippen LogP contribution in [0.5, 0.6) is 11.5 Å². The van der Waals surface area contributed by atoms with Crippen LogP contribution in [0.15, 0.2) is 36.7 Å². The average Bonchev–Trinajstić information content (AvgIpc) is 3.32. The van der Waals surface area contributed by atoms with Crippen molar-refractivity contribution in [3.63, 3.8) is 0 Å². The molecule has 1 amide bonds. The summed E-state index contributed by atoms with van der Waals surface area (Å²) in [5, 5.41) is 0.734. The van der Waals surface area contributed by atoms with Crippen LogP contribution in [-0.2, 0) is 21.0 Å². The molecule has 0 N–H and O–H groups in total. The van der Waals surface area contributed by atoms with Gasteiger partial charge in [0.15, 0.2) is 11.5 Å². The number of benzene rings is 1. The number of hydrogen-bond donors (Lipinski definition) is 0. The number of anilines is 1. The highest BCUT2D eigenvalue weighted by Crippen LogP contribution is 2.35. The molecule has 0 aliphatic carbocycles. The second-order valence-corrected chi connectivity index (χ2v) is 17.0. The van der Waals surface area contributed by atoms with Crippen LogP contribution in [0, 0.1) is 3.57 Å². The maximum atomic E-state index is 14.3. The minimum Gasteiger partial charge on any atom is -0.493 e. The number of amides is 1. The van der Waals surface area contributed by atoms with Crippen molar-refractivity contribution in [3.8, 4) is 11.5 Å². The van der Waals surface area contributed by atoms with Gasteiger partial charge in [-0.2, -0.15) is 0 Å². The van der Waals surface area contributed by atoms with Crippen molar-refractivity contribution < 1.29 is 28.5 Å². The molecule has 11 heteroatoms. The van der Waals surface area contributed by atoms with Gasteiger partial charge < -0.3 is 23.5 Å². The molecule has 1 unspecified atom stereocenters. The molecule has 0 fully saturated rings. The van der Waals surface area contributed by atoms with Crippen molar-refractivity contribution in [2.45, 2.75) is 58.7 Å². The number of rotatable bonds is 13. The summed E-state index contributed by atoms with van der Waals surface area (Å²) in [7, 11) is 1.85. The van der Waals surface area contributed by atoms with Gasteiger partial charge in [-0.1, -0.05) is 26.6 Å². The number of halogens is 1. The van der Waals surface area contributed by atoms with Crippen molar-refractivity contribution >= 4 is 59.3 Å². The number of hydrogen-bond acceptors (Lipinski definition) is 7. The maximum absolute atomic E-state index is 14.3. The van der Waals surface area contributed by atoms with E-state index in [2.05, 4.69) is 47.2 Å². The lowest BCUT2D eigenvalue weighted by Gasteiger charge is -2.30. The Morgan fingerprint density at radius 2 is 1.79 bits per heavy atom. The molecule has 0 bridgehead atoms. The molecule has 3 aromatic rings. The quantitative estimate of drug-likeness (QED) is 0.0962. The van der Waals surface area contributed by atoms with Crippen LogP contribution in [0.4, 0.5) is 5.69 Å². The Morgan fingerprint density at radius 3 is 2.41 bits per heavy atom. The molecule has 3 rings (SSSR count). The highest BCUT2D eigenvalue weighted by molar-refractivity contribution is 14.1. The van der Waals surface area contributed by atoms with E-state index in [1.165, 1.54) is 12.0 Å². The van der Waals surface area contributed by atoms with E-state index in [1.54, 1.807) is 38.4 Å². The molecule has 2 aromatic heterocycles. The SMILES string of the molecule is CCOC(=O)C(CC)N(C(=O)c1cc(OC)c(OC)cc1I)c1ccnc2c1ccn2COCC[Si](C)(C)C. The second kappa shape index (κ2) is 13.6. The summed E-state index contributed by atoms with van der Waals surface area (Å²) in [6, 6.07) is 7.26. The number of ether oxygens (including phenoxy) is 4. The van der Waals surface area contributed by atoms with Gasteiger partial charge in [-0.05, 0) is 66.2 Å². The minimum absolute atomic E-state index is 0.210. The van der Waals surface area contributed by atoms with Gasteiger partial charge in [0.25, 0.3) is 5.91 Å². The Morgan fingerprint density at radius 1 is 1.10 bits per heavy atom. The van der Waals surface area contributed by atoms with Crippen LogP contribution in [0.2, 0.25) is 25.7 Å². The highest BCUT2D eigenvalue weighted by Gasteiger charge is 2.34. The molecular formula is C28H38IN3O6Si. The summed E-state index contributed by atoms with van der Waals surface area (Å²) in [6.07, 6.45) is 3.90. The van der Waals surface area contributed by atoms with Crippen molar-refractivity contribution in [1.82, 2.24) is 9.55 Å². The predicted octanol–water partition coefficient (Wildman–Crippen LogP) is 5.96. The molecule has 2 heterocycles. The van der Waals surface area contributed by atoms with Gasteiger partial charge in [-0.15, -0.1) is 0 Å². The molecule has 0 spiro atoms. The zero-order valence-corrected chi connectivity index (χ0v) is 26.9. The number of nitrogens with zero attached hydrogens (tertiary/aromatic N) is 3. The van der Waals surface area contributed by atoms with E-state index in [-0.39, 0.29) is 12.5 Å². The Bertz CT molecular complexity index is 1310. The first kappa shape index (κ1) is 30.9. The van der Waals surface area contributed by atoms with Crippen LogP contribution >= 0.6 is 22.6 Å². The van der Waals surface area contributed by atoms with Gasteiger partial charge in [0.2, 0.25) is 0 Å². The fourth-order valence-corrected chi connectivity index (χ4v) is 5.62. The summed E-state index contributed by atoms with van der Waals surface area (Å²) in [4.78, 5) is 33.5. The lowest BCUT2D eigenvalue weighted by molar-refractivity contribution is -0.144. The smallest absolute Gasteiger partial charge is 0.329 e. The molecule has 1 aromatic carbocycles. The average molecular weight is 668 g/mol. The van der Waals surface area contributed by atoms with Crippen molar-refractivity contribution in [3.05, 3.63) is 45.8 Å². The molecular weight excluding hydrogens is 629 g/mol. The molecule has 1 atom stereocenters. The van der Waals surface area contributed by atoms with Crippen molar-refractivity contribution in [2.24, 2.45) is 0 Å². The Labute approximate surface area is 244 Å². The van der Waals surface area contributed by atoms with Crippen LogP contribution in [-0.4, -0.2) is 63.0 Å². The number of carbonyl (C=O) groups is 2. The van der Waals surface area contributed by atoms with Crippen molar-refractivity contribution in [2.75, 3.05) is 32.3 Å². The third-order valence-corrected chi connectivity index (χ3v) is 8.90. The molecule has 0 aliphatic rings. The van der Waals surface area contributed by atoms with E-state index in [0.29, 0.717) is 51.7 Å².